The first kappa shape index (κ1) is 14.5. The van der Waals surface area contributed by atoms with Crippen molar-refractivity contribution in [1.82, 2.24) is 10.2 Å². The highest BCUT2D eigenvalue weighted by molar-refractivity contribution is 6.30. The summed E-state index contributed by atoms with van der Waals surface area (Å²) >= 11 is 5.93. The molecule has 0 saturated carbocycles. The second kappa shape index (κ2) is 7.03. The molecule has 2 rings (SSSR count). The van der Waals surface area contributed by atoms with Gasteiger partial charge >= 0.3 is 6.61 Å². The van der Waals surface area contributed by atoms with Gasteiger partial charge in [-0.25, -0.2) is 0 Å². The summed E-state index contributed by atoms with van der Waals surface area (Å²) in [4.78, 5) is 2.21. The number of nitrogens with one attached hydrogen (secondary N) is 1. The van der Waals surface area contributed by atoms with Crippen LogP contribution in [0.15, 0.2) is 18.2 Å². The third-order valence-electron chi connectivity index (χ3n) is 3.07. The lowest BCUT2D eigenvalue weighted by molar-refractivity contribution is -0.0507. The average molecular weight is 291 g/mol. The second-order valence-electron chi connectivity index (χ2n) is 4.51. The summed E-state index contributed by atoms with van der Waals surface area (Å²) in [7, 11) is 0. The smallest absolute Gasteiger partial charge is 0.387 e. The lowest BCUT2D eigenvalue weighted by Gasteiger charge is -2.21. The minimum absolute atomic E-state index is 0.205. The fourth-order valence-electron chi connectivity index (χ4n) is 2.18. The van der Waals surface area contributed by atoms with Gasteiger partial charge in [0.05, 0.1) is 0 Å². The van der Waals surface area contributed by atoms with E-state index in [0.717, 1.165) is 32.6 Å². The van der Waals surface area contributed by atoms with Gasteiger partial charge in [-0.3, -0.25) is 4.90 Å². The van der Waals surface area contributed by atoms with E-state index in [-0.39, 0.29) is 5.75 Å². The van der Waals surface area contributed by atoms with Crippen LogP contribution in [-0.4, -0.2) is 37.7 Å². The first-order chi connectivity index (χ1) is 9.15. The molecule has 3 nitrogen and oxygen atoms in total. The van der Waals surface area contributed by atoms with Crippen LogP contribution in [0.3, 0.4) is 0 Å². The van der Waals surface area contributed by atoms with E-state index in [1.165, 1.54) is 6.07 Å². The third kappa shape index (κ3) is 4.60. The fourth-order valence-corrected chi connectivity index (χ4v) is 2.38. The summed E-state index contributed by atoms with van der Waals surface area (Å²) in [6.45, 7) is 1.49. The van der Waals surface area contributed by atoms with Crippen molar-refractivity contribution < 1.29 is 13.5 Å². The van der Waals surface area contributed by atoms with Crippen LogP contribution >= 0.6 is 11.6 Å². The molecule has 1 aromatic carbocycles. The van der Waals surface area contributed by atoms with Crippen LogP contribution in [0.4, 0.5) is 8.78 Å². The topological polar surface area (TPSA) is 24.5 Å². The standard InChI is InChI=1S/C13H17ClF2N2O/c14-11-2-3-12(19-13(15)16)10(8-11)9-18-6-1-4-17-5-7-18/h2-3,8,13,17H,1,4-7,9H2. The van der Waals surface area contributed by atoms with Gasteiger partial charge in [0.2, 0.25) is 0 Å². The zero-order valence-electron chi connectivity index (χ0n) is 10.5. The lowest BCUT2D eigenvalue weighted by atomic mass is 10.2. The largest absolute Gasteiger partial charge is 0.434 e. The zero-order valence-corrected chi connectivity index (χ0v) is 11.3. The number of ether oxygens (including phenoxy) is 1. The highest BCUT2D eigenvalue weighted by Gasteiger charge is 2.14. The molecule has 0 aromatic heterocycles. The predicted molar refractivity (Wildman–Crippen MR) is 70.8 cm³/mol. The molecular weight excluding hydrogens is 274 g/mol. The Morgan fingerprint density at radius 1 is 1.32 bits per heavy atom. The molecule has 1 aromatic rings. The van der Waals surface area contributed by atoms with Gasteiger partial charge in [0.25, 0.3) is 0 Å². The minimum Gasteiger partial charge on any atom is -0.434 e. The summed E-state index contributed by atoms with van der Waals surface area (Å²) in [5.74, 6) is 0.205. The molecule has 1 aliphatic rings. The summed E-state index contributed by atoms with van der Waals surface area (Å²) in [6, 6.07) is 4.75. The molecule has 0 aliphatic carbocycles. The average Bonchev–Trinajstić information content (AvgIpc) is 2.61. The summed E-state index contributed by atoms with van der Waals surface area (Å²) < 4.78 is 29.3. The van der Waals surface area contributed by atoms with Crippen LogP contribution < -0.4 is 10.1 Å². The number of halogens is 3. The van der Waals surface area contributed by atoms with E-state index in [4.69, 9.17) is 11.6 Å². The van der Waals surface area contributed by atoms with E-state index in [0.29, 0.717) is 17.1 Å². The maximum Gasteiger partial charge on any atom is 0.387 e. The Kier molecular flexibility index (Phi) is 5.36. The third-order valence-corrected chi connectivity index (χ3v) is 3.30. The second-order valence-corrected chi connectivity index (χ2v) is 4.95. The first-order valence-corrected chi connectivity index (χ1v) is 6.69. The fraction of sp³-hybridized carbons (Fsp3) is 0.538. The summed E-state index contributed by atoms with van der Waals surface area (Å²) in [5.41, 5.74) is 0.703. The van der Waals surface area contributed by atoms with Crippen LogP contribution in [-0.2, 0) is 6.54 Å². The van der Waals surface area contributed by atoms with E-state index < -0.39 is 6.61 Å². The molecular formula is C13H17ClF2N2O. The van der Waals surface area contributed by atoms with Gasteiger partial charge in [0, 0.05) is 30.2 Å². The van der Waals surface area contributed by atoms with Gasteiger partial charge in [-0.15, -0.1) is 0 Å². The Morgan fingerprint density at radius 2 is 2.16 bits per heavy atom. The number of nitrogens with zero attached hydrogens (tertiary/aromatic N) is 1. The van der Waals surface area contributed by atoms with E-state index in [1.807, 2.05) is 0 Å². The molecule has 0 bridgehead atoms. The van der Waals surface area contributed by atoms with Gasteiger partial charge in [0.15, 0.2) is 0 Å². The van der Waals surface area contributed by atoms with E-state index in [1.54, 1.807) is 12.1 Å². The molecule has 1 heterocycles. The minimum atomic E-state index is -2.81. The SMILES string of the molecule is FC(F)Oc1ccc(Cl)cc1CN1CCCNCC1. The lowest BCUT2D eigenvalue weighted by Crippen LogP contribution is -2.28. The molecule has 1 aliphatic heterocycles. The van der Waals surface area contributed by atoms with Crippen molar-refractivity contribution >= 4 is 11.6 Å². The van der Waals surface area contributed by atoms with Crippen LogP contribution in [0, 0.1) is 0 Å². The van der Waals surface area contributed by atoms with Crippen molar-refractivity contribution in [3.8, 4) is 5.75 Å². The summed E-state index contributed by atoms with van der Waals surface area (Å²) in [5, 5.41) is 3.83. The van der Waals surface area contributed by atoms with Gasteiger partial charge in [-0.2, -0.15) is 8.78 Å². The van der Waals surface area contributed by atoms with Gasteiger partial charge < -0.3 is 10.1 Å². The molecule has 0 radical (unpaired) electrons. The number of benzene rings is 1. The van der Waals surface area contributed by atoms with Gasteiger partial charge in [-0.05, 0) is 37.7 Å². The van der Waals surface area contributed by atoms with Crippen LogP contribution in [0.1, 0.15) is 12.0 Å². The molecule has 19 heavy (non-hydrogen) atoms. The van der Waals surface area contributed by atoms with Gasteiger partial charge in [0.1, 0.15) is 5.75 Å². The zero-order chi connectivity index (χ0) is 13.7. The van der Waals surface area contributed by atoms with E-state index in [9.17, 15) is 8.78 Å². The Labute approximate surface area is 116 Å². The first-order valence-electron chi connectivity index (χ1n) is 6.31. The van der Waals surface area contributed by atoms with Crippen molar-refractivity contribution in [3.63, 3.8) is 0 Å². The molecule has 0 amide bonds. The van der Waals surface area contributed by atoms with Crippen molar-refractivity contribution in [2.45, 2.75) is 19.6 Å². The monoisotopic (exact) mass is 290 g/mol. The highest BCUT2D eigenvalue weighted by Crippen LogP contribution is 2.26. The normalized spacial score (nSPS) is 17.5. The van der Waals surface area contributed by atoms with Crippen LogP contribution in [0.2, 0.25) is 5.02 Å². The van der Waals surface area contributed by atoms with Crippen molar-refractivity contribution in [2.24, 2.45) is 0 Å². The van der Waals surface area contributed by atoms with Crippen molar-refractivity contribution in [2.75, 3.05) is 26.2 Å². The maximum absolute atomic E-state index is 12.4. The molecule has 1 N–H and O–H groups in total. The predicted octanol–water partition coefficient (Wildman–Crippen LogP) is 2.74. The van der Waals surface area contributed by atoms with Crippen molar-refractivity contribution in [3.05, 3.63) is 28.8 Å². The molecule has 6 heteroatoms. The molecule has 0 atom stereocenters. The molecule has 0 spiro atoms. The maximum atomic E-state index is 12.4. The van der Waals surface area contributed by atoms with Gasteiger partial charge in [-0.1, -0.05) is 11.6 Å². The number of hydrogen-bond acceptors (Lipinski definition) is 3. The molecule has 106 valence electrons. The van der Waals surface area contributed by atoms with Crippen LogP contribution in [0.5, 0.6) is 5.75 Å². The molecule has 1 saturated heterocycles. The van der Waals surface area contributed by atoms with Crippen molar-refractivity contribution in [1.29, 1.82) is 0 Å². The Balaban J connectivity index is 2.10. The number of hydrogen-bond donors (Lipinski definition) is 1. The molecule has 0 unspecified atom stereocenters. The quantitative estimate of drug-likeness (QED) is 0.923. The number of alkyl halides is 2. The Hall–Kier alpha value is -0.910. The highest BCUT2D eigenvalue weighted by atomic mass is 35.5. The summed E-state index contributed by atoms with van der Waals surface area (Å²) in [6.07, 6.45) is 1.05. The van der Waals surface area contributed by atoms with E-state index >= 15 is 0 Å². The molecule has 1 fully saturated rings. The Bertz CT molecular complexity index is 410. The number of rotatable bonds is 4. The Morgan fingerprint density at radius 3 is 2.95 bits per heavy atom. The van der Waals surface area contributed by atoms with Crippen LogP contribution in [0.25, 0.3) is 0 Å². The van der Waals surface area contributed by atoms with E-state index in [2.05, 4.69) is 15.0 Å².